The summed E-state index contributed by atoms with van der Waals surface area (Å²) in [5.74, 6) is 1.20. The maximum absolute atomic E-state index is 12.7. The minimum atomic E-state index is -0.179. The SMILES string of the molecule is COc1cc(C(=O)NC(C)Cc2csc3ccccc23)cc(OC)c1OC. The van der Waals surface area contributed by atoms with Gasteiger partial charge in [-0.3, -0.25) is 4.79 Å². The summed E-state index contributed by atoms with van der Waals surface area (Å²) >= 11 is 1.73. The van der Waals surface area contributed by atoms with Crippen molar-refractivity contribution in [3.05, 3.63) is 52.9 Å². The van der Waals surface area contributed by atoms with Crippen LogP contribution in [0.25, 0.3) is 10.1 Å². The predicted molar refractivity (Wildman–Crippen MR) is 109 cm³/mol. The van der Waals surface area contributed by atoms with Crippen LogP contribution in [0, 0.1) is 0 Å². The minimum absolute atomic E-state index is 0.0189. The van der Waals surface area contributed by atoms with Crippen LogP contribution in [0.5, 0.6) is 17.2 Å². The molecule has 0 fully saturated rings. The first-order chi connectivity index (χ1) is 13.1. The molecule has 0 spiro atoms. The first kappa shape index (κ1) is 19.0. The molecular weight excluding hydrogens is 362 g/mol. The Balaban J connectivity index is 1.76. The lowest BCUT2D eigenvalue weighted by Gasteiger charge is -2.16. The van der Waals surface area contributed by atoms with Crippen LogP contribution in [0.3, 0.4) is 0 Å². The van der Waals surface area contributed by atoms with E-state index in [0.29, 0.717) is 22.8 Å². The molecule has 3 aromatic rings. The topological polar surface area (TPSA) is 56.8 Å². The van der Waals surface area contributed by atoms with Gasteiger partial charge in [-0.15, -0.1) is 11.3 Å². The van der Waals surface area contributed by atoms with Crippen molar-refractivity contribution in [1.82, 2.24) is 5.32 Å². The van der Waals surface area contributed by atoms with E-state index in [4.69, 9.17) is 14.2 Å². The van der Waals surface area contributed by atoms with E-state index in [1.807, 2.05) is 19.1 Å². The van der Waals surface area contributed by atoms with Gasteiger partial charge in [0.2, 0.25) is 5.75 Å². The van der Waals surface area contributed by atoms with Crippen molar-refractivity contribution in [1.29, 1.82) is 0 Å². The van der Waals surface area contributed by atoms with E-state index in [1.165, 1.54) is 37.0 Å². The fourth-order valence-corrected chi connectivity index (χ4v) is 4.07. The highest BCUT2D eigenvalue weighted by molar-refractivity contribution is 7.17. The second kappa shape index (κ2) is 8.31. The molecule has 1 unspecified atom stereocenters. The number of fused-ring (bicyclic) bond motifs is 1. The van der Waals surface area contributed by atoms with Gasteiger partial charge in [0.25, 0.3) is 5.91 Å². The molecular formula is C21H23NO4S. The number of rotatable bonds is 7. The largest absolute Gasteiger partial charge is 0.493 e. The lowest BCUT2D eigenvalue weighted by molar-refractivity contribution is 0.0939. The molecule has 0 aliphatic heterocycles. The van der Waals surface area contributed by atoms with Crippen LogP contribution in [0.15, 0.2) is 41.8 Å². The number of methoxy groups -OCH3 is 3. The van der Waals surface area contributed by atoms with Crippen molar-refractivity contribution >= 4 is 27.3 Å². The number of benzene rings is 2. The van der Waals surface area contributed by atoms with Gasteiger partial charge < -0.3 is 19.5 Å². The summed E-state index contributed by atoms with van der Waals surface area (Å²) in [6.07, 6.45) is 0.764. The van der Waals surface area contributed by atoms with Crippen molar-refractivity contribution in [2.45, 2.75) is 19.4 Å². The van der Waals surface area contributed by atoms with Crippen molar-refractivity contribution < 1.29 is 19.0 Å². The average Bonchev–Trinajstić information content (AvgIpc) is 3.09. The molecule has 1 heterocycles. The van der Waals surface area contributed by atoms with Gasteiger partial charge in [-0.1, -0.05) is 18.2 Å². The van der Waals surface area contributed by atoms with Crippen molar-refractivity contribution in [2.24, 2.45) is 0 Å². The number of thiophene rings is 1. The smallest absolute Gasteiger partial charge is 0.251 e. The maximum atomic E-state index is 12.7. The molecule has 0 aliphatic carbocycles. The second-order valence-corrected chi connectivity index (χ2v) is 7.16. The molecule has 0 radical (unpaired) electrons. The van der Waals surface area contributed by atoms with Crippen molar-refractivity contribution in [3.63, 3.8) is 0 Å². The minimum Gasteiger partial charge on any atom is -0.493 e. The Bertz CT molecular complexity index is 925. The fourth-order valence-electron chi connectivity index (χ4n) is 3.09. The summed E-state index contributed by atoms with van der Waals surface area (Å²) in [6.45, 7) is 2.00. The fraction of sp³-hybridized carbons (Fsp3) is 0.286. The molecule has 0 saturated heterocycles. The molecule has 1 amide bonds. The highest BCUT2D eigenvalue weighted by Gasteiger charge is 2.18. The molecule has 0 aliphatic rings. The van der Waals surface area contributed by atoms with Crippen LogP contribution in [0.2, 0.25) is 0 Å². The number of nitrogens with one attached hydrogen (secondary N) is 1. The van der Waals surface area contributed by atoms with Gasteiger partial charge in [0.1, 0.15) is 0 Å². The van der Waals surface area contributed by atoms with Crippen LogP contribution >= 0.6 is 11.3 Å². The van der Waals surface area contributed by atoms with Gasteiger partial charge in [0, 0.05) is 16.3 Å². The van der Waals surface area contributed by atoms with Crippen molar-refractivity contribution in [2.75, 3.05) is 21.3 Å². The Labute approximate surface area is 162 Å². The lowest BCUT2D eigenvalue weighted by atomic mass is 10.1. The van der Waals surface area contributed by atoms with E-state index in [9.17, 15) is 4.79 Å². The molecule has 27 heavy (non-hydrogen) atoms. The highest BCUT2D eigenvalue weighted by atomic mass is 32.1. The molecule has 6 heteroatoms. The van der Waals surface area contributed by atoms with E-state index in [1.54, 1.807) is 23.5 Å². The predicted octanol–water partition coefficient (Wildman–Crippen LogP) is 4.29. The monoisotopic (exact) mass is 385 g/mol. The molecule has 0 bridgehead atoms. The molecule has 1 N–H and O–H groups in total. The summed E-state index contributed by atoms with van der Waals surface area (Å²) in [5.41, 5.74) is 1.71. The van der Waals surface area contributed by atoms with E-state index in [0.717, 1.165) is 6.42 Å². The molecule has 142 valence electrons. The normalized spacial score (nSPS) is 11.9. The Morgan fingerprint density at radius 1 is 1.07 bits per heavy atom. The maximum Gasteiger partial charge on any atom is 0.251 e. The third-order valence-electron chi connectivity index (χ3n) is 4.39. The second-order valence-electron chi connectivity index (χ2n) is 6.25. The quantitative estimate of drug-likeness (QED) is 0.659. The van der Waals surface area contributed by atoms with E-state index < -0.39 is 0 Å². The van der Waals surface area contributed by atoms with Crippen LogP contribution in [-0.4, -0.2) is 33.3 Å². The van der Waals surface area contributed by atoms with Crippen LogP contribution < -0.4 is 19.5 Å². The van der Waals surface area contributed by atoms with Gasteiger partial charge in [-0.2, -0.15) is 0 Å². The number of hydrogen-bond donors (Lipinski definition) is 1. The molecule has 5 nitrogen and oxygen atoms in total. The summed E-state index contributed by atoms with van der Waals surface area (Å²) in [7, 11) is 4.60. The van der Waals surface area contributed by atoms with E-state index in [2.05, 4.69) is 22.8 Å². The number of carbonyl (C=O) groups is 1. The lowest BCUT2D eigenvalue weighted by Crippen LogP contribution is -2.34. The summed E-state index contributed by atoms with van der Waals surface area (Å²) in [5, 5.41) is 6.46. The zero-order chi connectivity index (χ0) is 19.4. The number of hydrogen-bond acceptors (Lipinski definition) is 5. The Morgan fingerprint density at radius 2 is 1.74 bits per heavy atom. The molecule has 2 aromatic carbocycles. The zero-order valence-electron chi connectivity index (χ0n) is 15.9. The highest BCUT2D eigenvalue weighted by Crippen LogP contribution is 2.38. The van der Waals surface area contributed by atoms with Gasteiger partial charge in [-0.05, 0) is 47.9 Å². The number of amides is 1. The molecule has 1 aromatic heterocycles. The Morgan fingerprint density at radius 3 is 2.37 bits per heavy atom. The third kappa shape index (κ3) is 4.01. The van der Waals surface area contributed by atoms with Gasteiger partial charge in [0.15, 0.2) is 11.5 Å². The van der Waals surface area contributed by atoms with Gasteiger partial charge >= 0.3 is 0 Å². The van der Waals surface area contributed by atoms with Gasteiger partial charge in [-0.25, -0.2) is 0 Å². The van der Waals surface area contributed by atoms with Crippen LogP contribution in [0.4, 0.5) is 0 Å². The van der Waals surface area contributed by atoms with E-state index in [-0.39, 0.29) is 11.9 Å². The van der Waals surface area contributed by atoms with Crippen LogP contribution in [-0.2, 0) is 6.42 Å². The molecule has 3 rings (SSSR count). The molecule has 1 atom stereocenters. The first-order valence-corrected chi connectivity index (χ1v) is 9.51. The third-order valence-corrected chi connectivity index (χ3v) is 5.40. The summed E-state index contributed by atoms with van der Waals surface area (Å²) < 4.78 is 17.2. The average molecular weight is 385 g/mol. The van der Waals surface area contributed by atoms with Gasteiger partial charge in [0.05, 0.1) is 21.3 Å². The van der Waals surface area contributed by atoms with E-state index >= 15 is 0 Å². The Hall–Kier alpha value is -2.73. The summed E-state index contributed by atoms with van der Waals surface area (Å²) in [6, 6.07) is 11.6. The molecule has 0 saturated carbocycles. The summed E-state index contributed by atoms with van der Waals surface area (Å²) in [4.78, 5) is 12.7. The standard InChI is InChI=1S/C21H23NO4S/c1-13(9-15-12-27-19-8-6-5-7-16(15)19)22-21(23)14-10-17(24-2)20(26-4)18(11-14)25-3/h5-8,10-13H,9H2,1-4H3,(H,22,23). The zero-order valence-corrected chi connectivity index (χ0v) is 16.7. The number of ether oxygens (including phenoxy) is 3. The van der Waals surface area contributed by atoms with Crippen LogP contribution in [0.1, 0.15) is 22.8 Å². The Kier molecular flexibility index (Phi) is 5.86. The van der Waals surface area contributed by atoms with Crippen molar-refractivity contribution in [3.8, 4) is 17.2 Å². The first-order valence-electron chi connectivity index (χ1n) is 8.63. The number of carbonyl (C=O) groups excluding carboxylic acids is 1.